The van der Waals surface area contributed by atoms with Gasteiger partial charge >= 0.3 is 0 Å². The number of benzene rings is 1. The zero-order valence-electron chi connectivity index (χ0n) is 13.0. The second-order valence-corrected chi connectivity index (χ2v) is 6.97. The number of hydrogen-bond acceptors (Lipinski definition) is 2. The van der Waals surface area contributed by atoms with E-state index < -0.39 is 0 Å². The molecule has 21 heavy (non-hydrogen) atoms. The van der Waals surface area contributed by atoms with Crippen molar-refractivity contribution < 1.29 is 4.79 Å². The molecule has 0 saturated carbocycles. The van der Waals surface area contributed by atoms with E-state index >= 15 is 0 Å². The van der Waals surface area contributed by atoms with Crippen molar-refractivity contribution in [1.29, 1.82) is 0 Å². The first-order valence-electron chi connectivity index (χ1n) is 7.91. The van der Waals surface area contributed by atoms with Gasteiger partial charge in [-0.1, -0.05) is 13.8 Å². The Labute approximate surface area is 141 Å². The summed E-state index contributed by atoms with van der Waals surface area (Å²) in [7, 11) is 0. The number of nitrogens with zero attached hydrogens (tertiary/aromatic N) is 2. The van der Waals surface area contributed by atoms with E-state index in [0.717, 1.165) is 50.5 Å². The molecule has 0 atom stereocenters. The molecule has 0 radical (unpaired) electrons. The van der Waals surface area contributed by atoms with Crippen molar-refractivity contribution in [3.05, 3.63) is 33.4 Å². The van der Waals surface area contributed by atoms with Gasteiger partial charge in [0.2, 0.25) is 0 Å². The van der Waals surface area contributed by atoms with Crippen molar-refractivity contribution in [1.82, 2.24) is 9.80 Å². The molecular weight excluding hydrogens is 375 g/mol. The zero-order valence-corrected chi connectivity index (χ0v) is 15.2. The summed E-state index contributed by atoms with van der Waals surface area (Å²) in [5, 5.41) is 0. The van der Waals surface area contributed by atoms with E-state index in [1.165, 1.54) is 10.1 Å². The SMILES string of the molecule is CCN(CC)CC1CCN(C(=O)c2ccc(I)cc2)CC1. The Balaban J connectivity index is 1.86. The third-order valence-corrected chi connectivity index (χ3v) is 5.12. The van der Waals surface area contributed by atoms with Gasteiger partial charge in [0.25, 0.3) is 5.91 Å². The number of carbonyl (C=O) groups is 1. The average molecular weight is 400 g/mol. The highest BCUT2D eigenvalue weighted by molar-refractivity contribution is 14.1. The maximum Gasteiger partial charge on any atom is 0.253 e. The van der Waals surface area contributed by atoms with Gasteiger partial charge in [0.05, 0.1) is 0 Å². The molecule has 1 heterocycles. The van der Waals surface area contributed by atoms with Crippen LogP contribution in [0.3, 0.4) is 0 Å². The first-order chi connectivity index (χ1) is 10.1. The third-order valence-electron chi connectivity index (χ3n) is 4.40. The van der Waals surface area contributed by atoms with Crippen LogP contribution in [0.1, 0.15) is 37.0 Å². The smallest absolute Gasteiger partial charge is 0.253 e. The van der Waals surface area contributed by atoms with E-state index in [9.17, 15) is 4.79 Å². The summed E-state index contributed by atoms with van der Waals surface area (Å²) in [6.45, 7) is 9.67. The molecule has 0 N–H and O–H groups in total. The minimum Gasteiger partial charge on any atom is -0.339 e. The van der Waals surface area contributed by atoms with Gasteiger partial charge in [-0.3, -0.25) is 4.79 Å². The number of piperidine rings is 1. The van der Waals surface area contributed by atoms with Gasteiger partial charge in [0, 0.05) is 28.8 Å². The van der Waals surface area contributed by atoms with Crippen molar-refractivity contribution in [2.45, 2.75) is 26.7 Å². The molecule has 0 aromatic heterocycles. The summed E-state index contributed by atoms with van der Waals surface area (Å²) in [6, 6.07) is 7.88. The minimum atomic E-state index is 0.188. The monoisotopic (exact) mass is 400 g/mol. The molecule has 1 saturated heterocycles. The molecule has 1 amide bonds. The van der Waals surface area contributed by atoms with Crippen LogP contribution in [0.15, 0.2) is 24.3 Å². The lowest BCUT2D eigenvalue weighted by Gasteiger charge is -2.34. The predicted molar refractivity (Wildman–Crippen MR) is 95.6 cm³/mol. The summed E-state index contributed by atoms with van der Waals surface area (Å²) in [5.74, 6) is 0.929. The lowest BCUT2D eigenvalue weighted by atomic mass is 9.95. The molecule has 0 bridgehead atoms. The lowest BCUT2D eigenvalue weighted by Crippen LogP contribution is -2.41. The molecule has 1 aliphatic heterocycles. The molecule has 1 fully saturated rings. The molecule has 3 nitrogen and oxygen atoms in total. The maximum atomic E-state index is 12.5. The lowest BCUT2D eigenvalue weighted by molar-refractivity contribution is 0.0669. The average Bonchev–Trinajstić information content (AvgIpc) is 2.53. The molecule has 1 aliphatic rings. The largest absolute Gasteiger partial charge is 0.339 e. The van der Waals surface area contributed by atoms with Gasteiger partial charge in [-0.05, 0) is 78.7 Å². The Morgan fingerprint density at radius 2 is 1.76 bits per heavy atom. The van der Waals surface area contributed by atoms with Crippen molar-refractivity contribution in [2.24, 2.45) is 5.92 Å². The van der Waals surface area contributed by atoms with Crippen LogP contribution < -0.4 is 0 Å². The van der Waals surface area contributed by atoms with E-state index in [4.69, 9.17) is 0 Å². The van der Waals surface area contributed by atoms with Crippen LogP contribution in [0.25, 0.3) is 0 Å². The fraction of sp³-hybridized carbons (Fsp3) is 0.588. The Morgan fingerprint density at radius 1 is 1.19 bits per heavy atom. The predicted octanol–water partition coefficient (Wildman–Crippen LogP) is 3.49. The molecule has 1 aromatic rings. The van der Waals surface area contributed by atoms with Crippen LogP contribution in [0.4, 0.5) is 0 Å². The first kappa shape index (κ1) is 16.7. The van der Waals surface area contributed by atoms with Crippen LogP contribution in [0.5, 0.6) is 0 Å². The van der Waals surface area contributed by atoms with Crippen LogP contribution >= 0.6 is 22.6 Å². The number of amides is 1. The van der Waals surface area contributed by atoms with E-state index in [1.807, 2.05) is 29.2 Å². The number of halogens is 1. The fourth-order valence-electron chi connectivity index (χ4n) is 2.94. The minimum absolute atomic E-state index is 0.188. The van der Waals surface area contributed by atoms with Gasteiger partial charge in [-0.15, -0.1) is 0 Å². The van der Waals surface area contributed by atoms with Gasteiger partial charge < -0.3 is 9.80 Å². The van der Waals surface area contributed by atoms with Crippen LogP contribution in [-0.4, -0.2) is 48.4 Å². The molecule has 116 valence electrons. The number of likely N-dealkylation sites (tertiary alicyclic amines) is 1. The summed E-state index contributed by atoms with van der Waals surface area (Å²) < 4.78 is 1.17. The van der Waals surface area contributed by atoms with Crippen molar-refractivity contribution >= 4 is 28.5 Å². The molecule has 0 aliphatic carbocycles. The Kier molecular flexibility index (Phi) is 6.48. The van der Waals surface area contributed by atoms with Crippen LogP contribution in [0.2, 0.25) is 0 Å². The van der Waals surface area contributed by atoms with Crippen molar-refractivity contribution in [2.75, 3.05) is 32.7 Å². The van der Waals surface area contributed by atoms with Crippen molar-refractivity contribution in [3.63, 3.8) is 0 Å². The van der Waals surface area contributed by atoms with E-state index in [2.05, 4.69) is 41.3 Å². The zero-order chi connectivity index (χ0) is 15.2. The third kappa shape index (κ3) is 4.68. The van der Waals surface area contributed by atoms with E-state index in [1.54, 1.807) is 0 Å². The summed E-state index contributed by atoms with van der Waals surface area (Å²) in [5.41, 5.74) is 0.817. The van der Waals surface area contributed by atoms with Gasteiger partial charge in [-0.25, -0.2) is 0 Å². The van der Waals surface area contributed by atoms with Gasteiger partial charge in [0.1, 0.15) is 0 Å². The molecule has 0 spiro atoms. The topological polar surface area (TPSA) is 23.6 Å². The van der Waals surface area contributed by atoms with Gasteiger partial charge in [0.15, 0.2) is 0 Å². The maximum absolute atomic E-state index is 12.5. The fourth-order valence-corrected chi connectivity index (χ4v) is 3.30. The van der Waals surface area contributed by atoms with Gasteiger partial charge in [-0.2, -0.15) is 0 Å². The van der Waals surface area contributed by atoms with E-state index in [-0.39, 0.29) is 5.91 Å². The molecule has 1 aromatic carbocycles. The normalized spacial score (nSPS) is 16.5. The van der Waals surface area contributed by atoms with E-state index in [0.29, 0.717) is 0 Å². The second-order valence-electron chi connectivity index (χ2n) is 5.73. The van der Waals surface area contributed by atoms with Crippen molar-refractivity contribution in [3.8, 4) is 0 Å². The molecule has 4 heteroatoms. The highest BCUT2D eigenvalue weighted by Gasteiger charge is 2.24. The number of carbonyl (C=O) groups excluding carboxylic acids is 1. The Hall–Kier alpha value is -0.620. The highest BCUT2D eigenvalue weighted by atomic mass is 127. The van der Waals surface area contributed by atoms with Crippen LogP contribution in [-0.2, 0) is 0 Å². The first-order valence-corrected chi connectivity index (χ1v) is 8.99. The summed E-state index contributed by atoms with van der Waals surface area (Å²) >= 11 is 2.27. The molecule has 0 unspecified atom stereocenters. The molecular formula is C17H25IN2O. The summed E-state index contributed by atoms with van der Waals surface area (Å²) in [6.07, 6.45) is 2.26. The standard InChI is InChI=1S/C17H25IN2O/c1-3-19(4-2)13-14-9-11-20(12-10-14)17(21)15-5-7-16(18)8-6-15/h5-8,14H,3-4,9-13H2,1-2H3. The number of rotatable bonds is 5. The molecule has 2 rings (SSSR count). The Morgan fingerprint density at radius 3 is 2.29 bits per heavy atom. The van der Waals surface area contributed by atoms with Crippen LogP contribution in [0, 0.1) is 9.49 Å². The summed E-state index contributed by atoms with van der Waals surface area (Å²) in [4.78, 5) is 17.0. The Bertz CT molecular complexity index is 448. The highest BCUT2D eigenvalue weighted by Crippen LogP contribution is 2.20. The number of hydrogen-bond donors (Lipinski definition) is 0. The second kappa shape index (κ2) is 8.13. The quantitative estimate of drug-likeness (QED) is 0.707.